The summed E-state index contributed by atoms with van der Waals surface area (Å²) in [7, 11) is 0. The maximum absolute atomic E-state index is 5.78. The first-order chi connectivity index (χ1) is 8.31. The van der Waals surface area contributed by atoms with Gasteiger partial charge >= 0.3 is 0 Å². The second kappa shape index (κ2) is 4.43. The predicted octanol–water partition coefficient (Wildman–Crippen LogP) is 2.24. The molecule has 3 rings (SSSR count). The minimum atomic E-state index is 0.348. The monoisotopic (exact) mass is 228 g/mol. The summed E-state index contributed by atoms with van der Waals surface area (Å²) in [6.45, 7) is 0.669. The molecule has 0 radical (unpaired) electrons. The Labute approximate surface area is 101 Å². The van der Waals surface area contributed by atoms with Gasteiger partial charge in [0.1, 0.15) is 0 Å². The number of pyridine rings is 1. The van der Waals surface area contributed by atoms with Crippen LogP contribution in [0.15, 0.2) is 36.5 Å². The largest absolute Gasteiger partial charge is 0.373 e. The molecule has 0 atom stereocenters. The molecule has 0 unspecified atom stereocenters. The minimum absolute atomic E-state index is 0.348. The normalized spacial score (nSPS) is 23.6. The van der Waals surface area contributed by atoms with Gasteiger partial charge in [0.15, 0.2) is 0 Å². The maximum atomic E-state index is 5.78. The summed E-state index contributed by atoms with van der Waals surface area (Å²) in [6.07, 6.45) is 4.16. The minimum Gasteiger partial charge on any atom is -0.373 e. The summed E-state index contributed by atoms with van der Waals surface area (Å²) < 4.78 is 5.78. The first-order valence-electron chi connectivity index (χ1n) is 6.02. The summed E-state index contributed by atoms with van der Waals surface area (Å²) in [6, 6.07) is 10.6. The fourth-order valence-electron chi connectivity index (χ4n) is 2.17. The number of ether oxygens (including phenoxy) is 1. The molecular formula is C14H16N2O. The van der Waals surface area contributed by atoms with Crippen molar-refractivity contribution in [2.75, 3.05) is 0 Å². The maximum Gasteiger partial charge on any atom is 0.0720 e. The van der Waals surface area contributed by atoms with Gasteiger partial charge in [-0.3, -0.25) is 4.98 Å². The van der Waals surface area contributed by atoms with E-state index in [2.05, 4.69) is 23.2 Å². The number of hydrogen-bond acceptors (Lipinski definition) is 3. The van der Waals surface area contributed by atoms with Crippen LogP contribution in [0.4, 0.5) is 0 Å². The highest BCUT2D eigenvalue weighted by molar-refractivity contribution is 5.78. The van der Waals surface area contributed by atoms with E-state index < -0.39 is 0 Å². The zero-order valence-corrected chi connectivity index (χ0v) is 9.67. The van der Waals surface area contributed by atoms with E-state index in [9.17, 15) is 0 Å². The number of hydrogen-bond donors (Lipinski definition) is 1. The molecule has 0 spiro atoms. The zero-order chi connectivity index (χ0) is 11.7. The van der Waals surface area contributed by atoms with Crippen molar-refractivity contribution in [3.63, 3.8) is 0 Å². The van der Waals surface area contributed by atoms with E-state index >= 15 is 0 Å². The number of benzene rings is 1. The molecule has 1 heterocycles. The van der Waals surface area contributed by atoms with Crippen LogP contribution in [0.25, 0.3) is 10.9 Å². The van der Waals surface area contributed by atoms with Crippen LogP contribution in [-0.4, -0.2) is 17.1 Å². The first kappa shape index (κ1) is 10.7. The van der Waals surface area contributed by atoms with E-state index in [-0.39, 0.29) is 0 Å². The van der Waals surface area contributed by atoms with Crippen LogP contribution in [0.3, 0.4) is 0 Å². The molecule has 2 N–H and O–H groups in total. The molecule has 0 amide bonds. The van der Waals surface area contributed by atoms with E-state index in [0.29, 0.717) is 18.8 Å². The van der Waals surface area contributed by atoms with E-state index in [0.717, 1.165) is 18.4 Å². The summed E-state index contributed by atoms with van der Waals surface area (Å²) in [4.78, 5) is 4.30. The molecule has 1 aromatic heterocycles. The summed E-state index contributed by atoms with van der Waals surface area (Å²) >= 11 is 0. The van der Waals surface area contributed by atoms with Crippen molar-refractivity contribution < 1.29 is 4.74 Å². The number of aromatic nitrogens is 1. The topological polar surface area (TPSA) is 48.1 Å². The van der Waals surface area contributed by atoms with Crippen molar-refractivity contribution in [2.24, 2.45) is 5.73 Å². The molecule has 0 saturated heterocycles. The lowest BCUT2D eigenvalue weighted by Gasteiger charge is -2.32. The molecule has 17 heavy (non-hydrogen) atoms. The van der Waals surface area contributed by atoms with Crippen LogP contribution in [0.2, 0.25) is 0 Å². The third-order valence-electron chi connectivity index (χ3n) is 3.28. The van der Waals surface area contributed by atoms with Gasteiger partial charge in [0.05, 0.1) is 18.2 Å². The van der Waals surface area contributed by atoms with Crippen molar-refractivity contribution in [1.29, 1.82) is 0 Å². The van der Waals surface area contributed by atoms with Gasteiger partial charge in [-0.1, -0.05) is 12.1 Å². The van der Waals surface area contributed by atoms with Crippen LogP contribution in [0.1, 0.15) is 18.4 Å². The van der Waals surface area contributed by atoms with Crippen LogP contribution in [0, 0.1) is 0 Å². The average Bonchev–Trinajstić information content (AvgIpc) is 2.33. The van der Waals surface area contributed by atoms with Crippen LogP contribution < -0.4 is 5.73 Å². The number of nitrogens with zero attached hydrogens (tertiary/aromatic N) is 1. The smallest absolute Gasteiger partial charge is 0.0720 e. The summed E-state index contributed by atoms with van der Waals surface area (Å²) in [5.74, 6) is 0. The van der Waals surface area contributed by atoms with Crippen molar-refractivity contribution in [2.45, 2.75) is 31.6 Å². The van der Waals surface area contributed by atoms with Crippen LogP contribution >= 0.6 is 0 Å². The van der Waals surface area contributed by atoms with Crippen LogP contribution in [0.5, 0.6) is 0 Å². The van der Waals surface area contributed by atoms with Gasteiger partial charge < -0.3 is 10.5 Å². The van der Waals surface area contributed by atoms with Crippen molar-refractivity contribution in [3.05, 3.63) is 42.1 Å². The third kappa shape index (κ3) is 2.30. The van der Waals surface area contributed by atoms with Crippen molar-refractivity contribution in [3.8, 4) is 0 Å². The molecular weight excluding hydrogens is 212 g/mol. The quantitative estimate of drug-likeness (QED) is 0.876. The highest BCUT2D eigenvalue weighted by Gasteiger charge is 2.26. The van der Waals surface area contributed by atoms with E-state index in [1.165, 1.54) is 10.9 Å². The lowest BCUT2D eigenvalue weighted by Crippen LogP contribution is -2.41. The Hall–Kier alpha value is -1.45. The van der Waals surface area contributed by atoms with Gasteiger partial charge in [0.2, 0.25) is 0 Å². The Balaban J connectivity index is 1.68. The third-order valence-corrected chi connectivity index (χ3v) is 3.28. The van der Waals surface area contributed by atoms with Gasteiger partial charge in [0.25, 0.3) is 0 Å². The fourth-order valence-corrected chi connectivity index (χ4v) is 2.17. The van der Waals surface area contributed by atoms with Gasteiger partial charge in [-0.2, -0.15) is 0 Å². The van der Waals surface area contributed by atoms with Gasteiger partial charge in [-0.25, -0.2) is 0 Å². The van der Waals surface area contributed by atoms with Crippen LogP contribution in [-0.2, 0) is 11.3 Å². The van der Waals surface area contributed by atoms with Gasteiger partial charge in [-0.15, -0.1) is 0 Å². The molecule has 1 fully saturated rings. The second-order valence-electron chi connectivity index (χ2n) is 4.69. The Bertz CT molecular complexity index is 520. The van der Waals surface area contributed by atoms with E-state index in [4.69, 9.17) is 10.5 Å². The highest BCUT2D eigenvalue weighted by atomic mass is 16.5. The number of rotatable bonds is 3. The molecule has 3 nitrogen and oxygen atoms in total. The van der Waals surface area contributed by atoms with E-state index in [1.54, 1.807) is 0 Å². The molecule has 0 bridgehead atoms. The Kier molecular flexibility index (Phi) is 2.79. The lowest BCUT2D eigenvalue weighted by molar-refractivity contribution is -0.0188. The molecule has 1 aliphatic rings. The molecule has 88 valence electrons. The lowest BCUT2D eigenvalue weighted by atomic mass is 9.90. The SMILES string of the molecule is NC1CC(OCc2ccc3ncccc3c2)C1. The molecule has 0 aliphatic heterocycles. The van der Waals surface area contributed by atoms with Gasteiger partial charge in [-0.05, 0) is 36.6 Å². The molecule has 1 saturated carbocycles. The highest BCUT2D eigenvalue weighted by Crippen LogP contribution is 2.23. The zero-order valence-electron chi connectivity index (χ0n) is 9.67. The second-order valence-corrected chi connectivity index (χ2v) is 4.69. The summed E-state index contributed by atoms with van der Waals surface area (Å²) in [5, 5.41) is 1.17. The Morgan fingerprint density at radius 1 is 1.29 bits per heavy atom. The Morgan fingerprint density at radius 3 is 3.00 bits per heavy atom. The van der Waals surface area contributed by atoms with E-state index in [1.807, 2.05) is 18.3 Å². The fraction of sp³-hybridized carbons (Fsp3) is 0.357. The summed E-state index contributed by atoms with van der Waals surface area (Å²) in [5.41, 5.74) is 7.95. The van der Waals surface area contributed by atoms with Gasteiger partial charge in [0, 0.05) is 17.6 Å². The average molecular weight is 228 g/mol. The predicted molar refractivity (Wildman–Crippen MR) is 67.5 cm³/mol. The van der Waals surface area contributed by atoms with Crippen molar-refractivity contribution >= 4 is 10.9 Å². The molecule has 1 aromatic carbocycles. The molecule has 1 aliphatic carbocycles. The standard InChI is InChI=1S/C14H16N2O/c15-12-7-13(8-12)17-9-10-3-4-14-11(6-10)2-1-5-16-14/h1-6,12-13H,7-9,15H2. The first-order valence-corrected chi connectivity index (χ1v) is 6.02. The molecule has 2 aromatic rings. The number of fused-ring (bicyclic) bond motifs is 1. The number of nitrogens with two attached hydrogens (primary N) is 1. The van der Waals surface area contributed by atoms with Crippen molar-refractivity contribution in [1.82, 2.24) is 4.98 Å². The Morgan fingerprint density at radius 2 is 2.18 bits per heavy atom. The molecule has 3 heteroatoms.